The first-order chi connectivity index (χ1) is 11.9. The first-order valence-electron chi connectivity index (χ1n) is 7.62. The van der Waals surface area contributed by atoms with Crippen LogP contribution in [-0.4, -0.2) is 20.9 Å². The Bertz CT molecular complexity index is 863. The smallest absolute Gasteiger partial charge is 0.328 e. The van der Waals surface area contributed by atoms with E-state index in [4.69, 9.17) is 28.3 Å². The molecule has 0 spiro atoms. The average molecular weight is 387 g/mol. The number of carboxylic acid groups (broad SMARTS) is 1. The lowest BCUT2D eigenvalue weighted by atomic mass is 9.91. The van der Waals surface area contributed by atoms with Gasteiger partial charge in [-0.2, -0.15) is 5.10 Å². The zero-order valence-electron chi connectivity index (χ0n) is 13.0. The maximum Gasteiger partial charge on any atom is 0.328 e. The van der Waals surface area contributed by atoms with E-state index in [1.165, 1.54) is 4.68 Å². The van der Waals surface area contributed by atoms with Gasteiger partial charge in [0.2, 0.25) is 0 Å². The summed E-state index contributed by atoms with van der Waals surface area (Å²) >= 11 is 12.1. The first kappa shape index (κ1) is 17.9. The van der Waals surface area contributed by atoms with Crippen molar-refractivity contribution in [2.45, 2.75) is 32.2 Å². The Balaban J connectivity index is 2.11. The molecule has 1 aliphatic carbocycles. The molecule has 1 aromatic carbocycles. The van der Waals surface area contributed by atoms with Gasteiger partial charge in [-0.05, 0) is 42.5 Å². The van der Waals surface area contributed by atoms with Gasteiger partial charge in [0.05, 0.1) is 12.2 Å². The van der Waals surface area contributed by atoms with Crippen molar-refractivity contribution < 1.29 is 18.7 Å². The standard InChI is InChI=1S/C17H14Cl2F2N2O2/c18-11-5-4-10(13(19)7-11)8-23-16-9(6-14(24)25)2-1-3-12(16)15(22-23)17(20)21/h4-7,17H,1-3,8H2,(H,24,25). The molecule has 25 heavy (non-hydrogen) atoms. The second-order valence-corrected chi connectivity index (χ2v) is 6.61. The molecule has 0 unspecified atom stereocenters. The molecular weight excluding hydrogens is 373 g/mol. The fourth-order valence-electron chi connectivity index (χ4n) is 3.09. The van der Waals surface area contributed by atoms with Crippen molar-refractivity contribution in [2.75, 3.05) is 0 Å². The third kappa shape index (κ3) is 3.70. The minimum atomic E-state index is -2.72. The molecule has 4 nitrogen and oxygen atoms in total. The Morgan fingerprint density at radius 2 is 2.12 bits per heavy atom. The van der Waals surface area contributed by atoms with Crippen molar-refractivity contribution >= 4 is 34.7 Å². The number of hydrogen-bond acceptors (Lipinski definition) is 2. The number of carboxylic acids is 1. The summed E-state index contributed by atoms with van der Waals surface area (Å²) in [7, 11) is 0. The van der Waals surface area contributed by atoms with Crippen LogP contribution in [-0.2, 0) is 17.8 Å². The highest BCUT2D eigenvalue weighted by molar-refractivity contribution is 6.35. The summed E-state index contributed by atoms with van der Waals surface area (Å²) in [4.78, 5) is 11.1. The molecule has 0 fully saturated rings. The molecule has 2 aromatic rings. The summed E-state index contributed by atoms with van der Waals surface area (Å²) in [6, 6.07) is 4.92. The van der Waals surface area contributed by atoms with E-state index >= 15 is 0 Å². The number of hydrogen-bond donors (Lipinski definition) is 1. The van der Waals surface area contributed by atoms with Crippen LogP contribution >= 0.6 is 23.2 Å². The van der Waals surface area contributed by atoms with E-state index in [0.717, 1.165) is 6.08 Å². The highest BCUT2D eigenvalue weighted by Crippen LogP contribution is 2.37. The lowest BCUT2D eigenvalue weighted by Gasteiger charge is -2.18. The van der Waals surface area contributed by atoms with E-state index in [2.05, 4.69) is 5.10 Å². The van der Waals surface area contributed by atoms with Crippen LogP contribution in [0.25, 0.3) is 5.57 Å². The van der Waals surface area contributed by atoms with E-state index in [1.54, 1.807) is 18.2 Å². The summed E-state index contributed by atoms with van der Waals surface area (Å²) < 4.78 is 28.2. The van der Waals surface area contributed by atoms with Crippen LogP contribution in [0.5, 0.6) is 0 Å². The van der Waals surface area contributed by atoms with Crippen molar-refractivity contribution in [3.05, 3.63) is 56.8 Å². The number of carbonyl (C=O) groups is 1. The molecule has 0 radical (unpaired) electrons. The van der Waals surface area contributed by atoms with Crippen molar-refractivity contribution in [1.29, 1.82) is 0 Å². The molecule has 0 saturated carbocycles. The molecule has 3 rings (SSSR count). The number of halogens is 4. The zero-order valence-corrected chi connectivity index (χ0v) is 14.5. The van der Waals surface area contributed by atoms with Gasteiger partial charge in [0, 0.05) is 21.7 Å². The Morgan fingerprint density at radius 3 is 2.76 bits per heavy atom. The van der Waals surface area contributed by atoms with Gasteiger partial charge in [-0.15, -0.1) is 0 Å². The third-order valence-electron chi connectivity index (χ3n) is 4.10. The molecule has 1 heterocycles. The topological polar surface area (TPSA) is 55.1 Å². The van der Waals surface area contributed by atoms with Crippen LogP contribution in [0.1, 0.15) is 41.8 Å². The normalized spacial score (nSPS) is 15.6. The van der Waals surface area contributed by atoms with Crippen molar-refractivity contribution in [2.24, 2.45) is 0 Å². The zero-order chi connectivity index (χ0) is 18.1. The van der Waals surface area contributed by atoms with Gasteiger partial charge in [-0.25, -0.2) is 13.6 Å². The van der Waals surface area contributed by atoms with E-state index in [-0.39, 0.29) is 12.2 Å². The summed E-state index contributed by atoms with van der Waals surface area (Å²) in [6.45, 7) is 0.155. The average Bonchev–Trinajstić information content (AvgIpc) is 2.89. The molecule has 8 heteroatoms. The van der Waals surface area contributed by atoms with Crippen LogP contribution in [0.15, 0.2) is 24.3 Å². The molecule has 1 aliphatic rings. The number of nitrogens with zero attached hydrogens (tertiary/aromatic N) is 2. The van der Waals surface area contributed by atoms with Crippen molar-refractivity contribution in [3.63, 3.8) is 0 Å². The minimum absolute atomic E-state index is 0.155. The number of fused-ring (bicyclic) bond motifs is 1. The summed E-state index contributed by atoms with van der Waals surface area (Å²) in [6.07, 6.45) is -0.101. The summed E-state index contributed by atoms with van der Waals surface area (Å²) in [5.41, 5.74) is 1.74. The van der Waals surface area contributed by atoms with Gasteiger partial charge in [-0.1, -0.05) is 29.3 Å². The quantitative estimate of drug-likeness (QED) is 0.753. The lowest BCUT2D eigenvalue weighted by Crippen LogP contribution is -2.11. The Kier molecular flexibility index (Phi) is 5.11. The fraction of sp³-hybridized carbons (Fsp3) is 0.294. The molecule has 0 aliphatic heterocycles. The molecule has 0 saturated heterocycles. The predicted octanol–water partition coefficient (Wildman–Crippen LogP) is 4.98. The van der Waals surface area contributed by atoms with Crippen LogP contribution in [0.3, 0.4) is 0 Å². The van der Waals surface area contributed by atoms with E-state index in [1.807, 2.05) is 0 Å². The van der Waals surface area contributed by atoms with Crippen LogP contribution in [0.4, 0.5) is 8.78 Å². The maximum atomic E-state index is 13.4. The Hall–Kier alpha value is -1.92. The monoisotopic (exact) mass is 386 g/mol. The van der Waals surface area contributed by atoms with E-state index < -0.39 is 12.4 Å². The molecule has 0 bridgehead atoms. The minimum Gasteiger partial charge on any atom is -0.478 e. The number of rotatable bonds is 4. The number of alkyl halides is 2. The predicted molar refractivity (Wildman–Crippen MR) is 91.3 cm³/mol. The highest BCUT2D eigenvalue weighted by atomic mass is 35.5. The van der Waals surface area contributed by atoms with E-state index in [9.17, 15) is 13.6 Å². The highest BCUT2D eigenvalue weighted by Gasteiger charge is 2.29. The summed E-state index contributed by atoms with van der Waals surface area (Å²) in [5, 5.41) is 14.0. The molecular formula is C17H14Cl2F2N2O2. The van der Waals surface area contributed by atoms with Crippen molar-refractivity contribution in [1.82, 2.24) is 9.78 Å². The molecule has 0 atom stereocenters. The van der Waals surface area contributed by atoms with Crippen molar-refractivity contribution in [3.8, 4) is 0 Å². The van der Waals surface area contributed by atoms with Gasteiger partial charge in [0.25, 0.3) is 6.43 Å². The SMILES string of the molecule is O=C(O)C=C1CCCc2c(C(F)F)nn(Cc3ccc(Cl)cc3Cl)c21. The van der Waals surface area contributed by atoms with Gasteiger partial charge in [0.15, 0.2) is 0 Å². The van der Waals surface area contributed by atoms with Gasteiger partial charge < -0.3 is 5.11 Å². The number of benzene rings is 1. The van der Waals surface area contributed by atoms with Crippen LogP contribution in [0, 0.1) is 0 Å². The lowest BCUT2D eigenvalue weighted by molar-refractivity contribution is -0.131. The fourth-order valence-corrected chi connectivity index (χ4v) is 3.56. The number of allylic oxidation sites excluding steroid dienone is 1. The van der Waals surface area contributed by atoms with Gasteiger partial charge >= 0.3 is 5.97 Å². The molecule has 1 aromatic heterocycles. The summed E-state index contributed by atoms with van der Waals surface area (Å²) in [5.74, 6) is -1.11. The molecule has 0 amide bonds. The first-order valence-corrected chi connectivity index (χ1v) is 8.38. The van der Waals surface area contributed by atoms with Crippen LogP contribution < -0.4 is 0 Å². The Morgan fingerprint density at radius 1 is 1.36 bits per heavy atom. The number of aromatic nitrogens is 2. The molecule has 132 valence electrons. The largest absolute Gasteiger partial charge is 0.478 e. The van der Waals surface area contributed by atoms with Gasteiger partial charge in [0.1, 0.15) is 5.69 Å². The van der Waals surface area contributed by atoms with E-state index in [0.29, 0.717) is 51.7 Å². The molecule has 1 N–H and O–H groups in total. The number of aliphatic carboxylic acids is 1. The maximum absolute atomic E-state index is 13.4. The van der Waals surface area contributed by atoms with Crippen LogP contribution in [0.2, 0.25) is 10.0 Å². The Labute approximate surface area is 152 Å². The van der Waals surface area contributed by atoms with Gasteiger partial charge in [-0.3, -0.25) is 4.68 Å². The third-order valence-corrected chi connectivity index (χ3v) is 4.69. The second-order valence-electron chi connectivity index (χ2n) is 5.77. The second kappa shape index (κ2) is 7.14.